The Kier molecular flexibility index (Phi) is 3.82. The van der Waals surface area contributed by atoms with Crippen LogP contribution in [0.4, 0.5) is 5.69 Å². The van der Waals surface area contributed by atoms with Crippen LogP contribution in [0.1, 0.15) is 0 Å². The Morgan fingerprint density at radius 1 is 1.12 bits per heavy atom. The number of para-hydroxylation sites is 1. The maximum Gasteiger partial charge on any atom is 0.244 e. The number of aromatic nitrogens is 2. The molecule has 0 aliphatic carbocycles. The van der Waals surface area contributed by atoms with Gasteiger partial charge in [-0.3, -0.25) is 9.78 Å². The average Bonchev–Trinajstić information content (AvgIpc) is 3.04. The summed E-state index contributed by atoms with van der Waals surface area (Å²) in [5.41, 5.74) is 2.55. The second kappa shape index (κ2) is 6.28. The number of hydrogen-bond acceptors (Lipinski definition) is 3. The summed E-state index contributed by atoms with van der Waals surface area (Å²) in [5, 5.41) is 4.98. The number of pyridine rings is 1. The van der Waals surface area contributed by atoms with Crippen molar-refractivity contribution in [1.29, 1.82) is 0 Å². The lowest BCUT2D eigenvalue weighted by Crippen LogP contribution is -2.18. The quantitative estimate of drug-likeness (QED) is 0.618. The maximum atomic E-state index is 12.4. The van der Waals surface area contributed by atoms with Crippen LogP contribution in [0.15, 0.2) is 67.0 Å². The minimum Gasteiger partial charge on any atom is -0.497 e. The number of nitrogens with one attached hydrogen (secondary N) is 1. The van der Waals surface area contributed by atoms with E-state index in [0.717, 1.165) is 27.6 Å². The van der Waals surface area contributed by atoms with Gasteiger partial charge < -0.3 is 14.6 Å². The first kappa shape index (κ1) is 15.2. The average molecular weight is 331 g/mol. The number of fused-ring (bicyclic) bond motifs is 2. The zero-order chi connectivity index (χ0) is 17.2. The highest BCUT2D eigenvalue weighted by Crippen LogP contribution is 2.22. The van der Waals surface area contributed by atoms with Gasteiger partial charge in [0.05, 0.1) is 24.5 Å². The molecule has 5 heteroatoms. The minimum absolute atomic E-state index is 0.0870. The van der Waals surface area contributed by atoms with Gasteiger partial charge in [0, 0.05) is 23.2 Å². The molecule has 1 amide bonds. The molecule has 2 heterocycles. The van der Waals surface area contributed by atoms with Crippen LogP contribution >= 0.6 is 0 Å². The molecule has 0 atom stereocenters. The van der Waals surface area contributed by atoms with Gasteiger partial charge in [0.15, 0.2) is 0 Å². The van der Waals surface area contributed by atoms with E-state index in [2.05, 4.69) is 10.3 Å². The summed E-state index contributed by atoms with van der Waals surface area (Å²) in [5.74, 6) is 0.673. The maximum absolute atomic E-state index is 12.4. The monoisotopic (exact) mass is 331 g/mol. The van der Waals surface area contributed by atoms with Crippen molar-refractivity contribution in [3.63, 3.8) is 0 Å². The first-order valence-corrected chi connectivity index (χ1v) is 8.00. The zero-order valence-electron chi connectivity index (χ0n) is 13.8. The number of benzene rings is 2. The van der Waals surface area contributed by atoms with Gasteiger partial charge >= 0.3 is 0 Å². The van der Waals surface area contributed by atoms with Crippen molar-refractivity contribution in [3.05, 3.63) is 67.0 Å². The molecule has 0 saturated heterocycles. The molecule has 0 fully saturated rings. The Hall–Kier alpha value is -3.34. The summed E-state index contributed by atoms with van der Waals surface area (Å²) in [6.45, 7) is 0.258. The number of nitrogens with zero attached hydrogens (tertiary/aromatic N) is 2. The lowest BCUT2D eigenvalue weighted by atomic mass is 10.2. The fourth-order valence-electron chi connectivity index (χ4n) is 2.93. The largest absolute Gasteiger partial charge is 0.497 e. The Morgan fingerprint density at radius 2 is 2.00 bits per heavy atom. The number of carbonyl (C=O) groups excluding carboxylic acids is 1. The van der Waals surface area contributed by atoms with Gasteiger partial charge in [-0.1, -0.05) is 18.2 Å². The number of amides is 1. The first-order valence-electron chi connectivity index (χ1n) is 8.00. The third kappa shape index (κ3) is 3.04. The third-order valence-corrected chi connectivity index (χ3v) is 4.17. The van der Waals surface area contributed by atoms with Gasteiger partial charge in [-0.15, -0.1) is 0 Å². The third-order valence-electron chi connectivity index (χ3n) is 4.17. The highest BCUT2D eigenvalue weighted by atomic mass is 16.5. The van der Waals surface area contributed by atoms with E-state index in [1.165, 1.54) is 0 Å². The Morgan fingerprint density at radius 3 is 2.88 bits per heavy atom. The molecule has 124 valence electrons. The Labute approximate surface area is 144 Å². The molecule has 0 bridgehead atoms. The fraction of sp³-hybridized carbons (Fsp3) is 0.100. The second-order valence-corrected chi connectivity index (χ2v) is 5.83. The summed E-state index contributed by atoms with van der Waals surface area (Å²) in [7, 11) is 1.63. The highest BCUT2D eigenvalue weighted by molar-refractivity contribution is 5.94. The molecule has 4 rings (SSSR count). The van der Waals surface area contributed by atoms with Crippen molar-refractivity contribution < 1.29 is 9.53 Å². The van der Waals surface area contributed by atoms with Gasteiger partial charge in [0.25, 0.3) is 0 Å². The van der Waals surface area contributed by atoms with Crippen molar-refractivity contribution in [3.8, 4) is 5.75 Å². The van der Waals surface area contributed by atoms with Crippen molar-refractivity contribution >= 4 is 33.4 Å². The van der Waals surface area contributed by atoms with E-state index >= 15 is 0 Å². The molecule has 0 saturated carbocycles. The SMILES string of the molecule is COc1ccc2cc(NC(=O)Cn3ccc4ccccc43)cnc2c1. The van der Waals surface area contributed by atoms with Crippen LogP contribution in [0.5, 0.6) is 5.75 Å². The molecule has 25 heavy (non-hydrogen) atoms. The van der Waals surface area contributed by atoms with E-state index in [-0.39, 0.29) is 12.5 Å². The lowest BCUT2D eigenvalue weighted by molar-refractivity contribution is -0.116. The molecule has 0 aliphatic rings. The molecule has 1 N–H and O–H groups in total. The molecule has 0 radical (unpaired) electrons. The summed E-state index contributed by atoms with van der Waals surface area (Å²) in [6, 6.07) is 17.6. The zero-order valence-corrected chi connectivity index (χ0v) is 13.8. The van der Waals surface area contributed by atoms with E-state index in [4.69, 9.17) is 4.74 Å². The Bertz CT molecular complexity index is 1070. The minimum atomic E-state index is -0.0870. The molecule has 5 nitrogen and oxygen atoms in total. The van der Waals surface area contributed by atoms with Gasteiger partial charge in [-0.05, 0) is 35.7 Å². The van der Waals surface area contributed by atoms with Crippen LogP contribution in [0.25, 0.3) is 21.8 Å². The highest BCUT2D eigenvalue weighted by Gasteiger charge is 2.07. The number of ether oxygens (including phenoxy) is 1. The van der Waals surface area contributed by atoms with Gasteiger partial charge in [0.1, 0.15) is 12.3 Å². The molecule has 0 unspecified atom stereocenters. The van der Waals surface area contributed by atoms with Crippen LogP contribution in [0.2, 0.25) is 0 Å². The fourth-order valence-corrected chi connectivity index (χ4v) is 2.93. The van der Waals surface area contributed by atoms with Crippen molar-refractivity contribution in [2.75, 3.05) is 12.4 Å². The van der Waals surface area contributed by atoms with Crippen molar-refractivity contribution in [2.45, 2.75) is 6.54 Å². The topological polar surface area (TPSA) is 56.1 Å². The number of anilines is 1. The predicted octanol–water partition coefficient (Wildman–Crippen LogP) is 3.84. The molecule has 4 aromatic rings. The normalized spacial score (nSPS) is 10.9. The number of rotatable bonds is 4. The number of carbonyl (C=O) groups is 1. The van der Waals surface area contributed by atoms with Gasteiger partial charge in [0.2, 0.25) is 5.91 Å². The molecule has 0 aliphatic heterocycles. The summed E-state index contributed by atoms with van der Waals surface area (Å²) < 4.78 is 7.13. The van der Waals surface area contributed by atoms with Gasteiger partial charge in [-0.2, -0.15) is 0 Å². The van der Waals surface area contributed by atoms with Gasteiger partial charge in [-0.25, -0.2) is 0 Å². The van der Waals surface area contributed by atoms with Crippen LogP contribution in [-0.2, 0) is 11.3 Å². The van der Waals surface area contributed by atoms with E-state index in [1.807, 2.05) is 65.4 Å². The molecule has 2 aromatic carbocycles. The summed E-state index contributed by atoms with van der Waals surface area (Å²) in [6.07, 6.45) is 3.59. The molecular formula is C20H17N3O2. The molecule has 2 aromatic heterocycles. The van der Waals surface area contributed by atoms with Crippen LogP contribution in [-0.4, -0.2) is 22.6 Å². The second-order valence-electron chi connectivity index (χ2n) is 5.83. The van der Waals surface area contributed by atoms with Crippen molar-refractivity contribution in [2.24, 2.45) is 0 Å². The molecular weight excluding hydrogens is 314 g/mol. The summed E-state index contributed by atoms with van der Waals surface area (Å²) in [4.78, 5) is 16.8. The summed E-state index contributed by atoms with van der Waals surface area (Å²) >= 11 is 0. The smallest absolute Gasteiger partial charge is 0.244 e. The first-order chi connectivity index (χ1) is 12.2. The Balaban J connectivity index is 1.53. The lowest BCUT2D eigenvalue weighted by Gasteiger charge is -2.08. The van der Waals surface area contributed by atoms with E-state index in [0.29, 0.717) is 5.69 Å². The van der Waals surface area contributed by atoms with E-state index in [9.17, 15) is 4.79 Å². The van der Waals surface area contributed by atoms with E-state index in [1.54, 1.807) is 13.3 Å². The standard InChI is InChI=1S/C20H17N3O2/c1-25-17-7-6-15-10-16(12-21-18(15)11-17)22-20(24)13-23-9-8-14-4-2-3-5-19(14)23/h2-12H,13H2,1H3,(H,22,24). The molecule has 0 spiro atoms. The predicted molar refractivity (Wildman–Crippen MR) is 98.9 cm³/mol. The van der Waals surface area contributed by atoms with Crippen LogP contribution in [0, 0.1) is 0 Å². The number of methoxy groups -OCH3 is 1. The van der Waals surface area contributed by atoms with E-state index < -0.39 is 0 Å². The number of hydrogen-bond donors (Lipinski definition) is 1. The van der Waals surface area contributed by atoms with Crippen molar-refractivity contribution in [1.82, 2.24) is 9.55 Å². The van der Waals surface area contributed by atoms with Crippen LogP contribution < -0.4 is 10.1 Å². The van der Waals surface area contributed by atoms with Crippen LogP contribution in [0.3, 0.4) is 0 Å².